The Kier molecular flexibility index (Phi) is 9.61. The van der Waals surface area contributed by atoms with Crippen LogP contribution in [0.25, 0.3) is 10.8 Å². The third-order valence-electron chi connectivity index (χ3n) is 17.0. The first-order valence-corrected chi connectivity index (χ1v) is 22.0. The molecule has 11 unspecified atom stereocenters. The number of ether oxygens (including phenoxy) is 4. The van der Waals surface area contributed by atoms with Crippen LogP contribution in [0.2, 0.25) is 0 Å². The maximum Gasteiger partial charge on any atom is 0.335 e. The van der Waals surface area contributed by atoms with E-state index in [0.717, 1.165) is 30.5 Å². The monoisotopic (exact) mass is 830 g/mol. The lowest BCUT2D eigenvalue weighted by molar-refractivity contribution is -0.326. The van der Waals surface area contributed by atoms with Crippen molar-refractivity contribution in [2.24, 2.45) is 39.9 Å². The summed E-state index contributed by atoms with van der Waals surface area (Å²) in [6.45, 7) is 3.45. The number of carboxylic acid groups (broad SMARTS) is 1. The van der Waals surface area contributed by atoms with Crippen LogP contribution >= 0.6 is 0 Å². The summed E-state index contributed by atoms with van der Waals surface area (Å²) < 4.78 is 26.0. The van der Waals surface area contributed by atoms with Crippen molar-refractivity contribution in [3.63, 3.8) is 0 Å². The number of rotatable bonds is 7. The molecule has 2 saturated heterocycles. The molecule has 4 saturated carbocycles. The number of phenols is 2. The van der Waals surface area contributed by atoms with E-state index in [4.69, 9.17) is 18.9 Å². The lowest BCUT2D eigenvalue weighted by Crippen LogP contribution is -2.70. The fourth-order valence-corrected chi connectivity index (χ4v) is 14.8. The van der Waals surface area contributed by atoms with Crippen LogP contribution in [-0.2, 0) is 14.2 Å². The smallest absolute Gasteiger partial charge is 0.335 e. The standard InChI is InChI=1S/C47H58O13/c1-23-34(24(2)50)39(52)36-28(38(23)51)13-26(42(55)56)14-32(36)59-43-40(53)41(54)47(33(18-49)60-43)17-29-30-16-45(10-9-44(21-45)7-3-4-8-44)15-27-19-57-22-46(11-12-48,37(27)30)31-6-5-25(20-58-47)35(29)31/h6,13-14,27,29-30,33,37,40-41,43,48-49,51-54H,3-5,7-12,15-22H2,1-2H3,(H,55,56). The average molecular weight is 831 g/mol. The van der Waals surface area contributed by atoms with Gasteiger partial charge in [0.1, 0.15) is 41.2 Å². The molecule has 324 valence electrons. The molecule has 0 bridgehead atoms. The van der Waals surface area contributed by atoms with E-state index in [0.29, 0.717) is 37.4 Å². The van der Waals surface area contributed by atoms with Crippen LogP contribution in [0, 0.1) is 46.8 Å². The van der Waals surface area contributed by atoms with Crippen molar-refractivity contribution in [3.05, 3.63) is 51.6 Å². The molecule has 3 heterocycles. The van der Waals surface area contributed by atoms with Crippen molar-refractivity contribution in [1.29, 1.82) is 0 Å². The van der Waals surface area contributed by atoms with E-state index in [1.54, 1.807) is 0 Å². The minimum absolute atomic E-state index is 0.0447. The van der Waals surface area contributed by atoms with E-state index in [-0.39, 0.29) is 81.4 Å². The van der Waals surface area contributed by atoms with E-state index >= 15 is 0 Å². The number of carbonyl (C=O) groups is 2. The summed E-state index contributed by atoms with van der Waals surface area (Å²) in [5, 5.41) is 78.6. The van der Waals surface area contributed by atoms with Gasteiger partial charge in [0.2, 0.25) is 6.29 Å². The molecule has 2 aromatic carbocycles. The SMILES string of the molecule is CC(=O)c1c(C)c(O)c2cc(C(=O)O)cc(OC3OC(CO)C4(CC5C6=C(CC=C6C6(CCO)COCC7CC8(CCC9(CCCC9)C8)CC5C76)CO4)C(O)C3O)c2c1O. The average Bonchev–Trinajstić information content (AvgIpc) is 3.93. The predicted octanol–water partition coefficient (Wildman–Crippen LogP) is 5.47. The molecule has 2 aromatic rings. The molecule has 0 radical (unpaired) electrons. The molecule has 10 rings (SSSR count). The fourth-order valence-electron chi connectivity index (χ4n) is 14.8. The van der Waals surface area contributed by atoms with Crippen LogP contribution in [0.1, 0.15) is 110 Å². The van der Waals surface area contributed by atoms with E-state index in [1.807, 2.05) is 0 Å². The molecule has 13 heteroatoms. The number of carbonyl (C=O) groups excluding carboxylic acids is 1. The summed E-state index contributed by atoms with van der Waals surface area (Å²) in [4.78, 5) is 24.9. The number of hydrogen-bond donors (Lipinski definition) is 7. The molecule has 0 amide bonds. The number of allylic oxidation sites excluding steroid dienone is 2. The van der Waals surface area contributed by atoms with Crippen LogP contribution in [-0.4, -0.2) is 111 Å². The summed E-state index contributed by atoms with van der Waals surface area (Å²) >= 11 is 0. The third-order valence-corrected chi connectivity index (χ3v) is 17.0. The number of carboxylic acids is 1. The van der Waals surface area contributed by atoms with Crippen molar-refractivity contribution in [1.82, 2.24) is 0 Å². The van der Waals surface area contributed by atoms with Crippen LogP contribution in [0.4, 0.5) is 0 Å². The van der Waals surface area contributed by atoms with Crippen LogP contribution in [0.5, 0.6) is 17.2 Å². The van der Waals surface area contributed by atoms with Gasteiger partial charge in [-0.1, -0.05) is 18.9 Å². The highest BCUT2D eigenvalue weighted by Crippen LogP contribution is 2.72. The summed E-state index contributed by atoms with van der Waals surface area (Å²) in [5.74, 6) is -2.60. The van der Waals surface area contributed by atoms with Crippen molar-refractivity contribution in [3.8, 4) is 17.2 Å². The molecule has 7 N–H and O–H groups in total. The van der Waals surface area contributed by atoms with Gasteiger partial charge in [0.05, 0.1) is 36.3 Å². The van der Waals surface area contributed by atoms with Gasteiger partial charge < -0.3 is 54.7 Å². The minimum Gasteiger partial charge on any atom is -0.507 e. The normalized spacial score (nSPS) is 38.9. The summed E-state index contributed by atoms with van der Waals surface area (Å²) in [7, 11) is 0. The predicted molar refractivity (Wildman–Crippen MR) is 216 cm³/mol. The molecular weight excluding hydrogens is 773 g/mol. The van der Waals surface area contributed by atoms with Gasteiger partial charge in [-0.3, -0.25) is 4.79 Å². The molecule has 6 fully saturated rings. The molecule has 8 aliphatic rings. The molecule has 60 heavy (non-hydrogen) atoms. The van der Waals surface area contributed by atoms with Gasteiger partial charge in [-0.05, 0) is 141 Å². The third kappa shape index (κ3) is 5.68. The number of aliphatic hydroxyl groups is 4. The maximum absolute atomic E-state index is 12.6. The highest BCUT2D eigenvalue weighted by atomic mass is 16.7. The van der Waals surface area contributed by atoms with E-state index in [1.165, 1.54) is 69.9 Å². The second-order valence-corrected chi connectivity index (χ2v) is 20.0. The highest BCUT2D eigenvalue weighted by molar-refractivity contribution is 6.11. The number of benzene rings is 2. The van der Waals surface area contributed by atoms with Gasteiger partial charge in [-0.2, -0.15) is 0 Å². The molecule has 0 aromatic heterocycles. The summed E-state index contributed by atoms with van der Waals surface area (Å²) in [6, 6.07) is 2.25. The quantitative estimate of drug-likeness (QED) is 0.137. The van der Waals surface area contributed by atoms with Gasteiger partial charge in [-0.15, -0.1) is 0 Å². The number of ketones is 1. The molecule has 11 atom stereocenters. The van der Waals surface area contributed by atoms with E-state index in [9.17, 15) is 45.3 Å². The molecule has 3 spiro atoms. The Labute approximate surface area is 349 Å². The Bertz CT molecular complexity index is 2200. The lowest BCUT2D eigenvalue weighted by Gasteiger charge is -2.64. The summed E-state index contributed by atoms with van der Waals surface area (Å²) in [5.41, 5.74) is 1.73. The van der Waals surface area contributed by atoms with Crippen molar-refractivity contribution >= 4 is 22.5 Å². The van der Waals surface area contributed by atoms with Gasteiger partial charge >= 0.3 is 5.97 Å². The zero-order valence-corrected chi connectivity index (χ0v) is 34.5. The fraction of sp³-hybridized carbons (Fsp3) is 0.660. The highest BCUT2D eigenvalue weighted by Gasteiger charge is 2.68. The largest absolute Gasteiger partial charge is 0.507 e. The topological polar surface area (TPSA) is 213 Å². The van der Waals surface area contributed by atoms with Crippen LogP contribution < -0.4 is 4.74 Å². The van der Waals surface area contributed by atoms with Crippen LogP contribution in [0.3, 0.4) is 0 Å². The second-order valence-electron chi connectivity index (χ2n) is 20.0. The lowest BCUT2D eigenvalue weighted by atomic mass is 9.43. The number of aliphatic hydroxyl groups excluding tert-OH is 4. The molecule has 3 aliphatic heterocycles. The number of phenolic OH excluding ortho intramolecular Hbond substituents is 2. The van der Waals surface area contributed by atoms with Crippen molar-refractivity contribution in [2.75, 3.05) is 33.0 Å². The molecule has 13 nitrogen and oxygen atoms in total. The number of hydrogen-bond acceptors (Lipinski definition) is 12. The minimum atomic E-state index is -1.78. The number of Topliss-reactive ketones (excluding diaryl/α,β-unsaturated/α-hetero) is 1. The Morgan fingerprint density at radius 3 is 2.47 bits per heavy atom. The molecule has 5 aliphatic carbocycles. The Hall–Kier alpha value is -3.56. The van der Waals surface area contributed by atoms with Crippen molar-refractivity contribution < 1.29 is 64.3 Å². The number of aromatic hydroxyl groups is 2. The van der Waals surface area contributed by atoms with Crippen molar-refractivity contribution in [2.45, 2.75) is 121 Å². The Balaban J connectivity index is 1.03. The van der Waals surface area contributed by atoms with Gasteiger partial charge in [0.25, 0.3) is 0 Å². The Morgan fingerprint density at radius 1 is 0.983 bits per heavy atom. The van der Waals surface area contributed by atoms with Gasteiger partial charge in [0.15, 0.2) is 5.78 Å². The van der Waals surface area contributed by atoms with E-state index < -0.39 is 60.1 Å². The van der Waals surface area contributed by atoms with Gasteiger partial charge in [-0.25, -0.2) is 4.79 Å². The first-order valence-electron chi connectivity index (χ1n) is 22.0. The zero-order chi connectivity index (χ0) is 42.1. The second kappa shape index (κ2) is 14.2. The number of fused-ring (bicyclic) bond motifs is 3. The van der Waals surface area contributed by atoms with Gasteiger partial charge in [0, 0.05) is 29.6 Å². The first-order chi connectivity index (χ1) is 28.7. The summed E-state index contributed by atoms with van der Waals surface area (Å²) in [6.07, 6.45) is 8.44. The molecular formula is C47H58O13. The maximum atomic E-state index is 12.6. The Morgan fingerprint density at radius 2 is 1.75 bits per heavy atom. The number of aromatic carboxylic acids is 1. The zero-order valence-electron chi connectivity index (χ0n) is 34.5. The van der Waals surface area contributed by atoms with Crippen LogP contribution in [0.15, 0.2) is 34.9 Å². The van der Waals surface area contributed by atoms with E-state index in [2.05, 4.69) is 6.08 Å². The first kappa shape index (κ1) is 40.5.